The number of hydrogen-bond acceptors (Lipinski definition) is 4. The molecule has 2 heterocycles. The van der Waals surface area contributed by atoms with Crippen molar-refractivity contribution in [1.82, 2.24) is 4.98 Å². The molecule has 0 radical (unpaired) electrons. The van der Waals surface area contributed by atoms with Crippen LogP contribution in [0.3, 0.4) is 0 Å². The van der Waals surface area contributed by atoms with Gasteiger partial charge >= 0.3 is 0 Å². The SMILES string of the molecule is CC1(C)O[C@H]2CC(COc3cccc(Cl)n3)C[C@H]2O1. The van der Waals surface area contributed by atoms with Crippen molar-refractivity contribution in [2.24, 2.45) is 5.92 Å². The quantitative estimate of drug-likeness (QED) is 0.800. The van der Waals surface area contributed by atoms with Crippen molar-refractivity contribution >= 4 is 11.6 Å². The molecule has 1 aliphatic carbocycles. The number of hydrogen-bond donors (Lipinski definition) is 0. The first-order valence-corrected chi connectivity index (χ1v) is 7.01. The zero-order chi connectivity index (χ0) is 13.5. The normalized spacial score (nSPS) is 32.3. The van der Waals surface area contributed by atoms with E-state index in [9.17, 15) is 0 Å². The van der Waals surface area contributed by atoms with Gasteiger partial charge < -0.3 is 14.2 Å². The van der Waals surface area contributed by atoms with Crippen molar-refractivity contribution in [1.29, 1.82) is 0 Å². The van der Waals surface area contributed by atoms with Gasteiger partial charge in [-0.1, -0.05) is 17.7 Å². The monoisotopic (exact) mass is 283 g/mol. The van der Waals surface area contributed by atoms with Crippen LogP contribution >= 0.6 is 11.6 Å². The molecule has 0 aromatic carbocycles. The molecule has 5 heteroatoms. The van der Waals surface area contributed by atoms with E-state index < -0.39 is 5.79 Å². The summed E-state index contributed by atoms with van der Waals surface area (Å²) in [5.74, 6) is 0.592. The van der Waals surface area contributed by atoms with Crippen LogP contribution in [-0.4, -0.2) is 29.6 Å². The van der Waals surface area contributed by atoms with Gasteiger partial charge in [0.1, 0.15) is 5.15 Å². The second-order valence-electron chi connectivity index (χ2n) is 5.66. The van der Waals surface area contributed by atoms with Gasteiger partial charge in [0, 0.05) is 6.07 Å². The number of pyridine rings is 1. The lowest BCUT2D eigenvalue weighted by Crippen LogP contribution is -2.24. The maximum absolute atomic E-state index is 5.86. The van der Waals surface area contributed by atoms with Gasteiger partial charge in [-0.3, -0.25) is 0 Å². The van der Waals surface area contributed by atoms with Gasteiger partial charge in [-0.15, -0.1) is 0 Å². The Bertz CT molecular complexity index is 450. The summed E-state index contributed by atoms with van der Waals surface area (Å²) < 4.78 is 17.4. The smallest absolute Gasteiger partial charge is 0.214 e. The molecule has 1 unspecified atom stereocenters. The lowest BCUT2D eigenvalue weighted by molar-refractivity contribution is -0.154. The average Bonchev–Trinajstić information content (AvgIpc) is 2.79. The van der Waals surface area contributed by atoms with E-state index >= 15 is 0 Å². The molecule has 0 spiro atoms. The Morgan fingerprint density at radius 3 is 2.63 bits per heavy atom. The standard InChI is InChI=1S/C14H18ClNO3/c1-14(2)18-10-6-9(7-11(10)19-14)8-17-13-5-3-4-12(15)16-13/h3-5,9-11H,6-8H2,1-2H3/t9?,10-,11+. The van der Waals surface area contributed by atoms with Crippen molar-refractivity contribution < 1.29 is 14.2 Å². The van der Waals surface area contributed by atoms with E-state index in [1.54, 1.807) is 6.07 Å². The first kappa shape index (κ1) is 13.2. The highest BCUT2D eigenvalue weighted by atomic mass is 35.5. The molecule has 1 saturated carbocycles. The van der Waals surface area contributed by atoms with Crippen molar-refractivity contribution in [3.8, 4) is 5.88 Å². The van der Waals surface area contributed by atoms with E-state index in [-0.39, 0.29) is 12.2 Å². The fraction of sp³-hybridized carbons (Fsp3) is 0.643. The summed E-state index contributed by atoms with van der Waals surface area (Å²) >= 11 is 5.82. The van der Waals surface area contributed by atoms with Crippen molar-refractivity contribution in [2.75, 3.05) is 6.61 Å². The topological polar surface area (TPSA) is 40.6 Å². The molecule has 0 bridgehead atoms. The molecule has 3 atom stereocenters. The molecule has 104 valence electrons. The number of ether oxygens (including phenoxy) is 3. The van der Waals surface area contributed by atoms with Crippen LogP contribution in [0.2, 0.25) is 5.15 Å². The molecule has 1 aromatic heterocycles. The molecule has 0 N–H and O–H groups in total. The maximum atomic E-state index is 5.86. The Hall–Kier alpha value is -0.840. The van der Waals surface area contributed by atoms with Gasteiger partial charge in [-0.05, 0) is 38.7 Å². The van der Waals surface area contributed by atoms with Gasteiger partial charge in [0.25, 0.3) is 0 Å². The summed E-state index contributed by atoms with van der Waals surface area (Å²) in [6.07, 6.45) is 2.37. The van der Waals surface area contributed by atoms with Crippen molar-refractivity contribution in [3.05, 3.63) is 23.4 Å². The van der Waals surface area contributed by atoms with E-state index in [0.717, 1.165) is 12.8 Å². The fourth-order valence-electron chi connectivity index (χ4n) is 2.87. The summed E-state index contributed by atoms with van der Waals surface area (Å²) in [5, 5.41) is 0.453. The Morgan fingerprint density at radius 1 is 1.32 bits per heavy atom. The number of fused-ring (bicyclic) bond motifs is 1. The van der Waals surface area contributed by atoms with Crippen LogP contribution in [0, 0.1) is 5.92 Å². The second-order valence-corrected chi connectivity index (χ2v) is 6.05. The summed E-state index contributed by atoms with van der Waals surface area (Å²) in [7, 11) is 0. The Labute approximate surface area is 118 Å². The Kier molecular flexibility index (Phi) is 3.41. The zero-order valence-corrected chi connectivity index (χ0v) is 11.9. The molecular formula is C14H18ClNO3. The Morgan fingerprint density at radius 2 is 2.00 bits per heavy atom. The predicted octanol–water partition coefficient (Wildman–Crippen LogP) is 3.04. The highest BCUT2D eigenvalue weighted by Gasteiger charge is 2.47. The molecule has 0 amide bonds. The van der Waals surface area contributed by atoms with Crippen LogP contribution in [0.25, 0.3) is 0 Å². The largest absolute Gasteiger partial charge is 0.477 e. The summed E-state index contributed by atoms with van der Waals surface area (Å²) in [6.45, 7) is 4.56. The lowest BCUT2D eigenvalue weighted by Gasteiger charge is -2.20. The summed E-state index contributed by atoms with van der Waals surface area (Å²) in [4.78, 5) is 4.11. The number of nitrogens with zero attached hydrogens (tertiary/aromatic N) is 1. The minimum absolute atomic E-state index is 0.205. The van der Waals surface area contributed by atoms with Crippen LogP contribution < -0.4 is 4.74 Å². The molecule has 1 saturated heterocycles. The minimum atomic E-state index is -0.435. The van der Waals surface area contributed by atoms with Crippen LogP contribution in [-0.2, 0) is 9.47 Å². The third kappa shape index (κ3) is 3.02. The number of rotatable bonds is 3. The van der Waals surface area contributed by atoms with Crippen LogP contribution in [0.15, 0.2) is 18.2 Å². The minimum Gasteiger partial charge on any atom is -0.477 e. The zero-order valence-electron chi connectivity index (χ0n) is 11.1. The molecular weight excluding hydrogens is 266 g/mol. The van der Waals surface area contributed by atoms with Gasteiger partial charge in [0.05, 0.1) is 18.8 Å². The molecule has 3 rings (SSSR count). The van der Waals surface area contributed by atoms with Crippen molar-refractivity contribution in [2.45, 2.75) is 44.7 Å². The molecule has 4 nitrogen and oxygen atoms in total. The molecule has 2 aliphatic rings. The van der Waals surface area contributed by atoms with E-state index in [0.29, 0.717) is 23.6 Å². The third-order valence-corrected chi connectivity index (χ3v) is 3.78. The highest BCUT2D eigenvalue weighted by molar-refractivity contribution is 6.29. The lowest BCUT2D eigenvalue weighted by atomic mass is 10.1. The summed E-state index contributed by atoms with van der Waals surface area (Å²) in [5.41, 5.74) is 0. The summed E-state index contributed by atoms with van der Waals surface area (Å²) in [6, 6.07) is 5.39. The van der Waals surface area contributed by atoms with E-state index in [1.165, 1.54) is 0 Å². The van der Waals surface area contributed by atoms with Gasteiger partial charge in [-0.2, -0.15) is 0 Å². The van der Waals surface area contributed by atoms with E-state index in [2.05, 4.69) is 4.98 Å². The fourth-order valence-corrected chi connectivity index (χ4v) is 3.03. The van der Waals surface area contributed by atoms with Crippen LogP contribution in [0.1, 0.15) is 26.7 Å². The van der Waals surface area contributed by atoms with Crippen LogP contribution in [0.5, 0.6) is 5.88 Å². The van der Waals surface area contributed by atoms with Gasteiger partial charge in [0.15, 0.2) is 5.79 Å². The van der Waals surface area contributed by atoms with Gasteiger partial charge in [-0.25, -0.2) is 4.98 Å². The number of halogens is 1. The average molecular weight is 284 g/mol. The number of aromatic nitrogens is 1. The Balaban J connectivity index is 1.51. The molecule has 1 aromatic rings. The van der Waals surface area contributed by atoms with Crippen LogP contribution in [0.4, 0.5) is 0 Å². The highest BCUT2D eigenvalue weighted by Crippen LogP contribution is 2.40. The molecule has 2 fully saturated rings. The van der Waals surface area contributed by atoms with E-state index in [1.807, 2.05) is 26.0 Å². The van der Waals surface area contributed by atoms with Crippen molar-refractivity contribution in [3.63, 3.8) is 0 Å². The second kappa shape index (κ2) is 4.93. The predicted molar refractivity (Wildman–Crippen MR) is 71.3 cm³/mol. The first-order valence-electron chi connectivity index (χ1n) is 6.63. The molecule has 19 heavy (non-hydrogen) atoms. The third-order valence-electron chi connectivity index (χ3n) is 3.57. The maximum Gasteiger partial charge on any atom is 0.214 e. The molecule has 1 aliphatic heterocycles. The van der Waals surface area contributed by atoms with E-state index in [4.69, 9.17) is 25.8 Å². The van der Waals surface area contributed by atoms with Gasteiger partial charge in [0.2, 0.25) is 5.88 Å². The first-order chi connectivity index (χ1) is 9.02.